The van der Waals surface area contributed by atoms with Gasteiger partial charge in [-0.05, 0) is 31.2 Å². The molecule has 0 saturated carbocycles. The van der Waals surface area contributed by atoms with Gasteiger partial charge in [-0.2, -0.15) is 17.0 Å². The van der Waals surface area contributed by atoms with Crippen LogP contribution in [0.15, 0.2) is 30.5 Å². The fraction of sp³-hybridized carbons (Fsp3) is 0.524. The first-order valence-corrected chi connectivity index (χ1v) is 12.8. The van der Waals surface area contributed by atoms with Gasteiger partial charge in [-0.25, -0.2) is 4.98 Å². The quantitative estimate of drug-likeness (QED) is 0.633. The Hall–Kier alpha value is -1.85. The molecule has 2 saturated heterocycles. The topological polar surface area (TPSA) is 91.8 Å². The third-order valence-electron chi connectivity index (χ3n) is 5.86. The Labute approximate surface area is 187 Å². The molecule has 10 heteroatoms. The maximum atomic E-state index is 12.8. The molecular formula is C21H28N4O4S2. The summed E-state index contributed by atoms with van der Waals surface area (Å²) < 4.78 is 33.9. The molecule has 0 radical (unpaired) electrons. The lowest BCUT2D eigenvalue weighted by molar-refractivity contribution is 0.0693. The highest BCUT2D eigenvalue weighted by molar-refractivity contribution is 7.86. The molecule has 0 bridgehead atoms. The second kappa shape index (κ2) is 9.74. The van der Waals surface area contributed by atoms with Crippen LogP contribution in [-0.4, -0.2) is 73.7 Å². The number of nitrogens with one attached hydrogen (secondary N) is 1. The number of thiazole rings is 1. The number of morpholine rings is 1. The Bertz CT molecular complexity index is 1010. The molecular weight excluding hydrogens is 436 g/mol. The number of anilines is 1. The Morgan fingerprint density at radius 1 is 1.16 bits per heavy atom. The van der Waals surface area contributed by atoms with Crippen LogP contribution in [-0.2, 0) is 14.9 Å². The predicted octanol–water partition coefficient (Wildman–Crippen LogP) is 2.38. The van der Waals surface area contributed by atoms with E-state index >= 15 is 0 Å². The molecule has 1 aromatic heterocycles. The van der Waals surface area contributed by atoms with Crippen molar-refractivity contribution in [3.05, 3.63) is 46.5 Å². The fourth-order valence-electron chi connectivity index (χ4n) is 3.94. The van der Waals surface area contributed by atoms with Gasteiger partial charge in [0.25, 0.3) is 10.2 Å². The van der Waals surface area contributed by atoms with E-state index in [0.717, 1.165) is 30.1 Å². The van der Waals surface area contributed by atoms with Gasteiger partial charge in [0, 0.05) is 38.3 Å². The van der Waals surface area contributed by atoms with Crippen LogP contribution in [0.2, 0.25) is 0 Å². The van der Waals surface area contributed by atoms with Gasteiger partial charge < -0.3 is 10.1 Å². The Morgan fingerprint density at radius 2 is 1.84 bits per heavy atom. The van der Waals surface area contributed by atoms with E-state index in [1.807, 2.05) is 31.2 Å². The highest BCUT2D eigenvalue weighted by Gasteiger charge is 2.33. The average Bonchev–Trinajstić information content (AvgIpc) is 3.27. The molecule has 8 nitrogen and oxygen atoms in total. The van der Waals surface area contributed by atoms with Crippen molar-refractivity contribution in [2.75, 3.05) is 51.3 Å². The van der Waals surface area contributed by atoms with Gasteiger partial charge in [0.2, 0.25) is 5.78 Å². The number of aromatic nitrogens is 1. The van der Waals surface area contributed by atoms with Gasteiger partial charge >= 0.3 is 0 Å². The number of carbonyl (C=O) groups excluding carboxylic acids is 1. The van der Waals surface area contributed by atoms with Crippen molar-refractivity contribution < 1.29 is 17.9 Å². The summed E-state index contributed by atoms with van der Waals surface area (Å²) >= 11 is 1.36. The van der Waals surface area contributed by atoms with Crippen molar-refractivity contribution in [2.24, 2.45) is 5.92 Å². The lowest BCUT2D eigenvalue weighted by Crippen LogP contribution is -2.51. The zero-order valence-corrected chi connectivity index (χ0v) is 19.3. The maximum Gasteiger partial charge on any atom is 0.282 e. The van der Waals surface area contributed by atoms with Crippen molar-refractivity contribution in [3.8, 4) is 0 Å². The zero-order chi connectivity index (χ0) is 21.8. The standard InChI is InChI=1S/C21H28N4O4S2/c1-16-4-2-3-5-18(16)20(26)19-15-23-21(30-19)22-14-17-6-8-24(9-7-17)31(27,28)25-10-12-29-13-11-25/h2-5,15,17H,6-14H2,1H3,(H,22,23). The summed E-state index contributed by atoms with van der Waals surface area (Å²) in [6.07, 6.45) is 3.23. The third kappa shape index (κ3) is 5.15. The number of carbonyl (C=O) groups is 1. The highest BCUT2D eigenvalue weighted by atomic mass is 32.2. The molecule has 0 atom stereocenters. The monoisotopic (exact) mass is 464 g/mol. The zero-order valence-electron chi connectivity index (χ0n) is 17.6. The van der Waals surface area contributed by atoms with Gasteiger partial charge in [-0.3, -0.25) is 4.79 Å². The van der Waals surface area contributed by atoms with Crippen molar-refractivity contribution in [1.82, 2.24) is 13.6 Å². The van der Waals surface area contributed by atoms with Gasteiger partial charge in [0.15, 0.2) is 5.13 Å². The van der Waals surface area contributed by atoms with E-state index in [1.165, 1.54) is 15.6 Å². The second-order valence-corrected chi connectivity index (χ2v) is 10.9. The Kier molecular flexibility index (Phi) is 7.02. The third-order valence-corrected chi connectivity index (χ3v) is 8.85. The summed E-state index contributed by atoms with van der Waals surface area (Å²) in [6, 6.07) is 7.55. The van der Waals surface area contributed by atoms with Crippen LogP contribution in [0.3, 0.4) is 0 Å². The molecule has 2 aliphatic rings. The maximum absolute atomic E-state index is 12.8. The number of hydrogen-bond acceptors (Lipinski definition) is 7. The van der Waals surface area contributed by atoms with Crippen LogP contribution in [0.4, 0.5) is 5.13 Å². The van der Waals surface area contributed by atoms with Crippen LogP contribution >= 0.6 is 11.3 Å². The molecule has 0 amide bonds. The summed E-state index contributed by atoms with van der Waals surface area (Å²) in [7, 11) is -3.39. The molecule has 0 spiro atoms. The van der Waals surface area contributed by atoms with Crippen molar-refractivity contribution in [1.29, 1.82) is 0 Å². The molecule has 0 aliphatic carbocycles. The second-order valence-electron chi connectivity index (χ2n) is 7.92. The van der Waals surface area contributed by atoms with Gasteiger partial charge in [0.1, 0.15) is 0 Å². The van der Waals surface area contributed by atoms with Gasteiger partial charge in [-0.1, -0.05) is 35.6 Å². The first-order valence-electron chi connectivity index (χ1n) is 10.6. The van der Waals surface area contributed by atoms with Crippen molar-refractivity contribution >= 4 is 32.5 Å². The van der Waals surface area contributed by atoms with E-state index in [-0.39, 0.29) is 5.78 Å². The number of nitrogens with zero attached hydrogens (tertiary/aromatic N) is 3. The van der Waals surface area contributed by atoms with E-state index in [0.29, 0.717) is 55.8 Å². The minimum atomic E-state index is -3.39. The van der Waals surface area contributed by atoms with Crippen molar-refractivity contribution in [2.45, 2.75) is 19.8 Å². The van der Waals surface area contributed by atoms with E-state index in [9.17, 15) is 13.2 Å². The minimum Gasteiger partial charge on any atom is -0.379 e. The highest BCUT2D eigenvalue weighted by Crippen LogP contribution is 2.25. The molecule has 1 N–H and O–H groups in total. The number of aryl methyl sites for hydroxylation is 1. The summed E-state index contributed by atoms with van der Waals surface area (Å²) in [4.78, 5) is 17.7. The molecule has 168 valence electrons. The predicted molar refractivity (Wildman–Crippen MR) is 121 cm³/mol. The lowest BCUT2D eigenvalue weighted by atomic mass is 9.98. The smallest absolute Gasteiger partial charge is 0.282 e. The van der Waals surface area contributed by atoms with Crippen LogP contribution in [0, 0.1) is 12.8 Å². The first-order chi connectivity index (χ1) is 14.9. The van der Waals surface area contributed by atoms with Gasteiger partial charge in [-0.15, -0.1) is 0 Å². The number of benzene rings is 1. The SMILES string of the molecule is Cc1ccccc1C(=O)c1cnc(NCC2CCN(S(=O)(=O)N3CCOCC3)CC2)s1. The van der Waals surface area contributed by atoms with E-state index in [1.54, 1.807) is 10.5 Å². The van der Waals surface area contributed by atoms with Gasteiger partial charge in [0.05, 0.1) is 24.3 Å². The van der Waals surface area contributed by atoms with Crippen molar-refractivity contribution in [3.63, 3.8) is 0 Å². The number of piperidine rings is 1. The molecule has 3 heterocycles. The molecule has 1 aromatic carbocycles. The number of ether oxygens (including phenoxy) is 1. The Balaban J connectivity index is 1.28. The number of hydrogen-bond donors (Lipinski definition) is 1. The van der Waals surface area contributed by atoms with E-state index in [2.05, 4.69) is 10.3 Å². The lowest BCUT2D eigenvalue weighted by Gasteiger charge is -2.36. The van der Waals surface area contributed by atoms with Crippen LogP contribution < -0.4 is 5.32 Å². The summed E-state index contributed by atoms with van der Waals surface area (Å²) in [5, 5.41) is 4.06. The Morgan fingerprint density at radius 3 is 2.55 bits per heavy atom. The summed E-state index contributed by atoms with van der Waals surface area (Å²) in [6.45, 7) is 5.48. The summed E-state index contributed by atoms with van der Waals surface area (Å²) in [5.74, 6) is 0.362. The summed E-state index contributed by atoms with van der Waals surface area (Å²) in [5.41, 5.74) is 1.65. The van der Waals surface area contributed by atoms with Crippen LogP contribution in [0.1, 0.15) is 33.6 Å². The number of ketones is 1. The first kappa shape index (κ1) is 22.3. The molecule has 2 aliphatic heterocycles. The molecule has 31 heavy (non-hydrogen) atoms. The average molecular weight is 465 g/mol. The van der Waals surface area contributed by atoms with E-state index in [4.69, 9.17) is 4.74 Å². The molecule has 2 fully saturated rings. The van der Waals surface area contributed by atoms with Crippen LogP contribution in [0.25, 0.3) is 0 Å². The largest absolute Gasteiger partial charge is 0.379 e. The molecule has 0 unspecified atom stereocenters. The molecule has 2 aromatic rings. The molecule has 4 rings (SSSR count). The van der Waals surface area contributed by atoms with Crippen LogP contribution in [0.5, 0.6) is 0 Å². The number of rotatable bonds is 7. The fourth-order valence-corrected chi connectivity index (χ4v) is 6.32. The normalized spacial score (nSPS) is 19.4. The minimum absolute atomic E-state index is 0.00900. The van der Waals surface area contributed by atoms with E-state index < -0.39 is 10.2 Å².